The Morgan fingerprint density at radius 1 is 1.24 bits per heavy atom. The highest BCUT2D eigenvalue weighted by Gasteiger charge is 2.27. The molecule has 0 saturated carbocycles. The van der Waals surface area contributed by atoms with Crippen LogP contribution in [0.4, 0.5) is 0 Å². The van der Waals surface area contributed by atoms with E-state index in [0.717, 1.165) is 42.1 Å². The van der Waals surface area contributed by atoms with Crippen molar-refractivity contribution in [3.8, 4) is 5.75 Å². The molecule has 5 nitrogen and oxygen atoms in total. The third-order valence-electron chi connectivity index (χ3n) is 5.29. The van der Waals surface area contributed by atoms with Gasteiger partial charge in [0, 0.05) is 19.0 Å². The van der Waals surface area contributed by atoms with Gasteiger partial charge in [0.25, 0.3) is 0 Å². The monoisotopic (exact) mass is 409 g/mol. The van der Waals surface area contributed by atoms with Crippen molar-refractivity contribution in [1.82, 2.24) is 15.2 Å². The Hall–Kier alpha value is -2.44. The van der Waals surface area contributed by atoms with Crippen LogP contribution in [-0.4, -0.2) is 42.0 Å². The Morgan fingerprint density at radius 3 is 2.86 bits per heavy atom. The fourth-order valence-corrected chi connectivity index (χ4v) is 4.89. The van der Waals surface area contributed by atoms with Crippen LogP contribution < -0.4 is 10.1 Å². The first-order chi connectivity index (χ1) is 14.2. The number of nitrogens with zero attached hydrogens (tertiary/aromatic N) is 2. The van der Waals surface area contributed by atoms with Crippen molar-refractivity contribution in [2.45, 2.75) is 32.2 Å². The van der Waals surface area contributed by atoms with Gasteiger partial charge in [-0.1, -0.05) is 24.3 Å². The smallest absolute Gasteiger partial charge is 0.234 e. The third-order valence-corrected chi connectivity index (χ3v) is 6.38. The predicted octanol–water partition coefficient (Wildman–Crippen LogP) is 4.19. The average molecular weight is 410 g/mol. The van der Waals surface area contributed by atoms with Gasteiger partial charge in [-0.05, 0) is 56.1 Å². The first kappa shape index (κ1) is 19.9. The highest BCUT2D eigenvalue weighted by molar-refractivity contribution is 7.18. The maximum atomic E-state index is 12.5. The molecule has 1 aliphatic heterocycles. The first-order valence-electron chi connectivity index (χ1n) is 10.3. The van der Waals surface area contributed by atoms with Gasteiger partial charge < -0.3 is 10.1 Å². The highest BCUT2D eigenvalue weighted by atomic mass is 32.1. The fourth-order valence-electron chi connectivity index (χ4n) is 3.92. The molecule has 1 aromatic heterocycles. The molecule has 4 rings (SSSR count). The number of amides is 1. The number of hydrogen-bond acceptors (Lipinski definition) is 5. The largest absolute Gasteiger partial charge is 0.494 e. The molecule has 152 valence electrons. The zero-order valence-electron chi connectivity index (χ0n) is 16.8. The second-order valence-corrected chi connectivity index (χ2v) is 8.42. The lowest BCUT2D eigenvalue weighted by Crippen LogP contribution is -2.37. The van der Waals surface area contributed by atoms with Crippen molar-refractivity contribution >= 4 is 27.5 Å². The number of fused-ring (bicyclic) bond motifs is 1. The van der Waals surface area contributed by atoms with Gasteiger partial charge in [-0.15, -0.1) is 11.3 Å². The predicted molar refractivity (Wildman–Crippen MR) is 117 cm³/mol. The second-order valence-electron chi connectivity index (χ2n) is 7.31. The zero-order chi connectivity index (χ0) is 20.1. The third kappa shape index (κ3) is 4.95. The average Bonchev–Trinajstić information content (AvgIpc) is 3.35. The Morgan fingerprint density at radius 2 is 2.07 bits per heavy atom. The molecule has 0 spiro atoms. The summed E-state index contributed by atoms with van der Waals surface area (Å²) in [6, 6.07) is 16.7. The number of nitrogens with one attached hydrogen (secondary N) is 1. The van der Waals surface area contributed by atoms with Crippen LogP contribution in [0.3, 0.4) is 0 Å². The van der Waals surface area contributed by atoms with E-state index in [-0.39, 0.29) is 5.91 Å². The van der Waals surface area contributed by atoms with Crippen molar-refractivity contribution in [2.24, 2.45) is 0 Å². The summed E-state index contributed by atoms with van der Waals surface area (Å²) >= 11 is 1.70. The molecule has 29 heavy (non-hydrogen) atoms. The number of likely N-dealkylation sites (tertiary alicyclic amines) is 1. The molecule has 0 aliphatic carbocycles. The first-order valence-corrected chi connectivity index (χ1v) is 11.1. The maximum Gasteiger partial charge on any atom is 0.234 e. The summed E-state index contributed by atoms with van der Waals surface area (Å²) < 4.78 is 6.73. The summed E-state index contributed by atoms with van der Waals surface area (Å²) in [5, 5.41) is 4.14. The summed E-state index contributed by atoms with van der Waals surface area (Å²) in [6.07, 6.45) is 2.98. The topological polar surface area (TPSA) is 54.5 Å². The van der Waals surface area contributed by atoms with Gasteiger partial charge in [-0.3, -0.25) is 9.69 Å². The number of benzene rings is 2. The van der Waals surface area contributed by atoms with E-state index in [4.69, 9.17) is 4.74 Å². The Labute approximate surface area is 175 Å². The van der Waals surface area contributed by atoms with Crippen LogP contribution in [0.5, 0.6) is 5.75 Å². The van der Waals surface area contributed by atoms with Crippen LogP contribution in [0, 0.1) is 0 Å². The van der Waals surface area contributed by atoms with Crippen LogP contribution >= 0.6 is 11.3 Å². The highest BCUT2D eigenvalue weighted by Crippen LogP contribution is 2.32. The number of carbonyl (C=O) groups is 1. The Balaban J connectivity index is 1.28. The molecule has 2 aromatic carbocycles. The van der Waals surface area contributed by atoms with Gasteiger partial charge in [0.15, 0.2) is 0 Å². The maximum absolute atomic E-state index is 12.5. The molecular weight excluding hydrogens is 382 g/mol. The molecule has 6 heteroatoms. The quantitative estimate of drug-likeness (QED) is 0.606. The van der Waals surface area contributed by atoms with Gasteiger partial charge in [0.1, 0.15) is 5.75 Å². The summed E-state index contributed by atoms with van der Waals surface area (Å²) in [6.45, 7) is 4.69. The molecule has 1 fully saturated rings. The van der Waals surface area contributed by atoms with Crippen LogP contribution in [0.15, 0.2) is 48.5 Å². The number of hydrogen-bond donors (Lipinski definition) is 1. The molecule has 1 amide bonds. The molecule has 1 aliphatic rings. The van der Waals surface area contributed by atoms with Crippen molar-refractivity contribution < 1.29 is 9.53 Å². The number of carbonyl (C=O) groups excluding carboxylic acids is 1. The van der Waals surface area contributed by atoms with Crippen molar-refractivity contribution in [1.29, 1.82) is 0 Å². The molecule has 1 saturated heterocycles. The number of thiazole rings is 1. The van der Waals surface area contributed by atoms with Gasteiger partial charge in [-0.25, -0.2) is 4.98 Å². The molecule has 0 bridgehead atoms. The van der Waals surface area contributed by atoms with Crippen LogP contribution in [0.25, 0.3) is 10.2 Å². The SMILES string of the molecule is CCOc1ccc(C2CCCN2CC(=O)NCCc2nc3ccccc3s2)cc1. The van der Waals surface area contributed by atoms with E-state index < -0.39 is 0 Å². The number of rotatable bonds is 8. The summed E-state index contributed by atoms with van der Waals surface area (Å²) in [4.78, 5) is 19.4. The van der Waals surface area contributed by atoms with Gasteiger partial charge >= 0.3 is 0 Å². The van der Waals surface area contributed by atoms with Gasteiger partial charge in [-0.2, -0.15) is 0 Å². The summed E-state index contributed by atoms with van der Waals surface area (Å²) in [5.74, 6) is 0.984. The molecule has 0 radical (unpaired) electrons. The van der Waals surface area contributed by atoms with Crippen molar-refractivity contribution in [2.75, 3.05) is 26.2 Å². The summed E-state index contributed by atoms with van der Waals surface area (Å²) in [5.41, 5.74) is 2.29. The molecule has 1 atom stereocenters. The fraction of sp³-hybridized carbons (Fsp3) is 0.391. The Bertz CT molecular complexity index is 921. The zero-order valence-corrected chi connectivity index (χ0v) is 17.6. The number of aromatic nitrogens is 1. The van der Waals surface area contributed by atoms with E-state index in [1.807, 2.05) is 37.3 Å². The van der Waals surface area contributed by atoms with Gasteiger partial charge in [0.2, 0.25) is 5.91 Å². The van der Waals surface area contributed by atoms with Crippen LogP contribution in [0.1, 0.15) is 36.4 Å². The van der Waals surface area contributed by atoms with Crippen molar-refractivity contribution in [3.05, 3.63) is 59.1 Å². The number of ether oxygens (including phenoxy) is 1. The molecule has 3 aromatic rings. The van der Waals surface area contributed by atoms with Crippen molar-refractivity contribution in [3.63, 3.8) is 0 Å². The normalized spacial score (nSPS) is 16.9. The van der Waals surface area contributed by atoms with E-state index in [1.165, 1.54) is 10.3 Å². The minimum atomic E-state index is 0.0870. The van der Waals surface area contributed by atoms with E-state index in [1.54, 1.807) is 11.3 Å². The van der Waals surface area contributed by atoms with Crippen LogP contribution in [-0.2, 0) is 11.2 Å². The Kier molecular flexibility index (Phi) is 6.42. The lowest BCUT2D eigenvalue weighted by molar-refractivity contribution is -0.122. The molecule has 2 heterocycles. The van der Waals surface area contributed by atoms with E-state index in [0.29, 0.717) is 25.7 Å². The molecule has 1 N–H and O–H groups in total. The lowest BCUT2D eigenvalue weighted by Gasteiger charge is -2.24. The minimum absolute atomic E-state index is 0.0870. The second kappa shape index (κ2) is 9.37. The van der Waals surface area contributed by atoms with E-state index in [2.05, 4.69) is 33.4 Å². The standard InChI is InChI=1S/C23H27N3O2S/c1-2-28-18-11-9-17(10-12-18)20-7-5-15-26(20)16-22(27)24-14-13-23-25-19-6-3-4-8-21(19)29-23/h3-4,6,8-12,20H,2,5,7,13-16H2,1H3,(H,24,27). The molecular formula is C23H27N3O2S. The minimum Gasteiger partial charge on any atom is -0.494 e. The number of para-hydroxylation sites is 1. The summed E-state index contributed by atoms with van der Waals surface area (Å²) in [7, 11) is 0. The van der Waals surface area contributed by atoms with E-state index >= 15 is 0 Å². The lowest BCUT2D eigenvalue weighted by atomic mass is 10.0. The van der Waals surface area contributed by atoms with Crippen LogP contribution in [0.2, 0.25) is 0 Å². The van der Waals surface area contributed by atoms with E-state index in [9.17, 15) is 4.79 Å². The van der Waals surface area contributed by atoms with Gasteiger partial charge in [0.05, 0.1) is 28.4 Å². The molecule has 1 unspecified atom stereocenters.